The fraction of sp³-hybridized carbons (Fsp3) is 0.692. The van der Waals surface area contributed by atoms with Gasteiger partial charge in [-0.15, -0.1) is 0 Å². The second-order valence-electron chi connectivity index (χ2n) is 10.6. The molecule has 0 bridgehead atoms. The van der Waals surface area contributed by atoms with Gasteiger partial charge in [-0.25, -0.2) is 4.98 Å². The molecular weight excluding hydrogens is 426 g/mol. The number of amides is 1. The molecule has 1 atom stereocenters. The van der Waals surface area contributed by atoms with Crippen LogP contribution in [0.4, 0.5) is 17.6 Å². The van der Waals surface area contributed by atoms with E-state index >= 15 is 0 Å². The van der Waals surface area contributed by atoms with Crippen molar-refractivity contribution in [2.24, 2.45) is 0 Å². The number of carbonyl (C=O) groups excluding carboxylic acids is 1. The van der Waals surface area contributed by atoms with Gasteiger partial charge >= 0.3 is 0 Å². The van der Waals surface area contributed by atoms with Gasteiger partial charge in [0.15, 0.2) is 5.82 Å². The Morgan fingerprint density at radius 1 is 0.912 bits per heavy atom. The molecule has 0 aromatic carbocycles. The molecule has 8 nitrogen and oxygen atoms in total. The summed E-state index contributed by atoms with van der Waals surface area (Å²) >= 11 is 0. The molecule has 0 radical (unpaired) electrons. The van der Waals surface area contributed by atoms with E-state index < -0.39 is 0 Å². The molecule has 182 valence electrons. The summed E-state index contributed by atoms with van der Waals surface area (Å²) in [6.07, 6.45) is 14.8. The van der Waals surface area contributed by atoms with E-state index in [0.717, 1.165) is 88.3 Å². The van der Waals surface area contributed by atoms with Crippen molar-refractivity contribution in [2.45, 2.75) is 95.4 Å². The van der Waals surface area contributed by atoms with Crippen LogP contribution in [0.25, 0.3) is 0 Å². The molecule has 2 N–H and O–H groups in total. The topological polar surface area (TPSA) is 90.0 Å². The SMILES string of the molecule is O=C(C1CCCN1c1nc2c(c(Nc3cc(C4CCCC4)[nH]n3)n1)CCCC2)N1CCCCC1. The van der Waals surface area contributed by atoms with Crippen LogP contribution in [0, 0.1) is 0 Å². The van der Waals surface area contributed by atoms with Crippen molar-refractivity contribution in [3.8, 4) is 0 Å². The lowest BCUT2D eigenvalue weighted by molar-refractivity contribution is -0.133. The summed E-state index contributed by atoms with van der Waals surface area (Å²) in [7, 11) is 0. The summed E-state index contributed by atoms with van der Waals surface area (Å²) in [6, 6.07) is 2.03. The number of hydrogen-bond acceptors (Lipinski definition) is 6. The zero-order valence-corrected chi connectivity index (χ0v) is 20.2. The average Bonchev–Trinajstić information content (AvgIpc) is 3.66. The first kappa shape index (κ1) is 21.9. The Balaban J connectivity index is 1.27. The zero-order chi connectivity index (χ0) is 22.9. The van der Waals surface area contributed by atoms with Crippen molar-refractivity contribution >= 4 is 23.5 Å². The third-order valence-corrected chi connectivity index (χ3v) is 8.27. The van der Waals surface area contributed by atoms with Gasteiger partial charge in [-0.3, -0.25) is 9.89 Å². The number of hydrogen-bond donors (Lipinski definition) is 2. The largest absolute Gasteiger partial charge is 0.341 e. The molecule has 2 aliphatic carbocycles. The highest BCUT2D eigenvalue weighted by Gasteiger charge is 2.36. The summed E-state index contributed by atoms with van der Waals surface area (Å²) in [5, 5.41) is 11.4. The van der Waals surface area contributed by atoms with Crippen molar-refractivity contribution in [3.05, 3.63) is 23.0 Å². The maximum absolute atomic E-state index is 13.4. The Hall–Kier alpha value is -2.64. The summed E-state index contributed by atoms with van der Waals surface area (Å²) in [5.41, 5.74) is 3.59. The number of nitrogens with zero attached hydrogens (tertiary/aromatic N) is 5. The van der Waals surface area contributed by atoms with Crippen LogP contribution in [0.2, 0.25) is 0 Å². The number of carbonyl (C=O) groups is 1. The standard InChI is InChI=1S/C26H37N7O/c34-25(32-14-6-1-7-15-32)22-13-8-16-33(22)26-27-20-12-5-4-11-19(20)24(29-26)28-23-17-21(30-31-23)18-9-2-3-10-18/h17-18,22H,1-16H2,(H2,27,28,29,30,31). The lowest BCUT2D eigenvalue weighted by atomic mass is 9.96. The van der Waals surface area contributed by atoms with Gasteiger partial charge in [-0.1, -0.05) is 12.8 Å². The van der Waals surface area contributed by atoms with Crippen LogP contribution in [-0.4, -0.2) is 56.6 Å². The van der Waals surface area contributed by atoms with Crippen molar-refractivity contribution in [2.75, 3.05) is 29.9 Å². The summed E-state index contributed by atoms with van der Waals surface area (Å²) in [4.78, 5) is 27.7. The van der Waals surface area contributed by atoms with Gasteiger partial charge in [-0.2, -0.15) is 10.1 Å². The second-order valence-corrected chi connectivity index (χ2v) is 10.6. The van der Waals surface area contributed by atoms with E-state index in [0.29, 0.717) is 11.9 Å². The van der Waals surface area contributed by atoms with Gasteiger partial charge in [0.2, 0.25) is 11.9 Å². The molecule has 0 spiro atoms. The molecule has 2 aliphatic heterocycles. The minimum absolute atomic E-state index is 0.132. The molecule has 8 heteroatoms. The molecule has 4 heterocycles. The highest BCUT2D eigenvalue weighted by Crippen LogP contribution is 2.35. The molecule has 1 amide bonds. The quantitative estimate of drug-likeness (QED) is 0.680. The lowest BCUT2D eigenvalue weighted by Gasteiger charge is -2.33. The minimum Gasteiger partial charge on any atom is -0.341 e. The highest BCUT2D eigenvalue weighted by molar-refractivity contribution is 5.85. The van der Waals surface area contributed by atoms with Crippen LogP contribution in [0.5, 0.6) is 0 Å². The van der Waals surface area contributed by atoms with E-state index in [1.54, 1.807) is 0 Å². The molecule has 1 saturated carbocycles. The number of anilines is 3. The third kappa shape index (κ3) is 4.27. The highest BCUT2D eigenvalue weighted by atomic mass is 16.2. The monoisotopic (exact) mass is 463 g/mol. The van der Waals surface area contributed by atoms with Gasteiger partial charge in [0.1, 0.15) is 11.9 Å². The molecule has 3 fully saturated rings. The van der Waals surface area contributed by atoms with E-state index in [1.807, 2.05) is 0 Å². The van der Waals surface area contributed by atoms with Crippen molar-refractivity contribution < 1.29 is 4.79 Å². The smallest absolute Gasteiger partial charge is 0.245 e. The first-order chi connectivity index (χ1) is 16.8. The van der Waals surface area contributed by atoms with Crippen LogP contribution < -0.4 is 10.2 Å². The number of aryl methyl sites for hydroxylation is 1. The Kier molecular flexibility index (Phi) is 6.14. The Morgan fingerprint density at radius 3 is 2.59 bits per heavy atom. The van der Waals surface area contributed by atoms with Gasteiger partial charge in [0.05, 0.1) is 5.69 Å². The fourth-order valence-corrected chi connectivity index (χ4v) is 6.37. The maximum Gasteiger partial charge on any atom is 0.245 e. The second kappa shape index (κ2) is 9.55. The van der Waals surface area contributed by atoms with E-state index in [2.05, 4.69) is 31.4 Å². The predicted molar refractivity (Wildman–Crippen MR) is 133 cm³/mol. The number of piperidine rings is 1. The van der Waals surface area contributed by atoms with Gasteiger partial charge < -0.3 is 15.1 Å². The Bertz CT molecular complexity index is 1020. The molecular formula is C26H37N7O. The van der Waals surface area contributed by atoms with Gasteiger partial charge in [0, 0.05) is 42.9 Å². The van der Waals surface area contributed by atoms with Crippen LogP contribution in [0.15, 0.2) is 6.07 Å². The van der Waals surface area contributed by atoms with E-state index in [4.69, 9.17) is 9.97 Å². The van der Waals surface area contributed by atoms with E-state index in [1.165, 1.54) is 43.4 Å². The summed E-state index contributed by atoms with van der Waals surface area (Å²) < 4.78 is 0. The molecule has 1 unspecified atom stereocenters. The first-order valence-electron chi connectivity index (χ1n) is 13.5. The van der Waals surface area contributed by atoms with Crippen molar-refractivity contribution in [1.82, 2.24) is 25.1 Å². The number of likely N-dealkylation sites (tertiary alicyclic amines) is 1. The predicted octanol–water partition coefficient (Wildman–Crippen LogP) is 4.46. The first-order valence-corrected chi connectivity index (χ1v) is 13.5. The number of rotatable bonds is 5. The van der Waals surface area contributed by atoms with Crippen LogP contribution in [0.3, 0.4) is 0 Å². The van der Waals surface area contributed by atoms with Gasteiger partial charge in [-0.05, 0) is 70.6 Å². The summed E-state index contributed by atoms with van der Waals surface area (Å²) in [6.45, 7) is 2.63. The van der Waals surface area contributed by atoms with Gasteiger partial charge in [0.25, 0.3) is 0 Å². The van der Waals surface area contributed by atoms with Crippen LogP contribution >= 0.6 is 0 Å². The number of nitrogens with one attached hydrogen (secondary N) is 2. The zero-order valence-electron chi connectivity index (χ0n) is 20.2. The maximum atomic E-state index is 13.4. The molecule has 34 heavy (non-hydrogen) atoms. The van der Waals surface area contributed by atoms with Crippen molar-refractivity contribution in [1.29, 1.82) is 0 Å². The average molecular weight is 464 g/mol. The molecule has 2 saturated heterocycles. The van der Waals surface area contributed by atoms with E-state index in [-0.39, 0.29) is 11.9 Å². The Labute approximate surface area is 201 Å². The molecule has 4 aliphatic rings. The number of H-pyrrole nitrogens is 1. The van der Waals surface area contributed by atoms with Crippen LogP contribution in [0.1, 0.15) is 93.5 Å². The summed E-state index contributed by atoms with van der Waals surface area (Å²) in [5.74, 6) is 3.29. The van der Waals surface area contributed by atoms with Crippen molar-refractivity contribution in [3.63, 3.8) is 0 Å². The van der Waals surface area contributed by atoms with E-state index in [9.17, 15) is 4.79 Å². The lowest BCUT2D eigenvalue weighted by Crippen LogP contribution is -2.48. The molecule has 2 aromatic rings. The minimum atomic E-state index is -0.132. The van der Waals surface area contributed by atoms with Crippen LogP contribution in [-0.2, 0) is 17.6 Å². The fourth-order valence-electron chi connectivity index (χ4n) is 6.37. The molecule has 6 rings (SSSR count). The Morgan fingerprint density at radius 2 is 1.74 bits per heavy atom. The number of fused-ring (bicyclic) bond motifs is 1. The molecule has 2 aromatic heterocycles. The number of aromatic nitrogens is 4. The number of aromatic amines is 1. The normalized spacial score (nSPS) is 23.4. The third-order valence-electron chi connectivity index (χ3n) is 8.27.